The summed E-state index contributed by atoms with van der Waals surface area (Å²) in [6, 6.07) is 7.87. The van der Waals surface area contributed by atoms with Crippen LogP contribution in [0.5, 0.6) is 0 Å². The van der Waals surface area contributed by atoms with Crippen molar-refractivity contribution in [3.05, 3.63) is 61.3 Å². The molecule has 1 N–H and O–H groups in total. The molecular weight excluding hydrogens is 405 g/mol. The Bertz CT molecular complexity index is 794. The first-order chi connectivity index (χ1) is 12.6. The van der Waals surface area contributed by atoms with Crippen molar-refractivity contribution in [1.82, 2.24) is 10.2 Å². The van der Waals surface area contributed by atoms with Gasteiger partial charge in [-0.2, -0.15) is 11.3 Å². The minimum absolute atomic E-state index is 0. The van der Waals surface area contributed by atoms with E-state index in [1.54, 1.807) is 17.4 Å². The average molecular weight is 428 g/mol. The number of nitrogens with zero attached hydrogens (tertiary/aromatic N) is 2. The van der Waals surface area contributed by atoms with E-state index in [2.05, 4.69) is 27.0 Å². The zero-order valence-electron chi connectivity index (χ0n) is 14.9. The first-order valence-electron chi connectivity index (χ1n) is 8.96. The Morgan fingerprint density at radius 1 is 1.26 bits per heavy atom. The van der Waals surface area contributed by atoms with Crippen LogP contribution < -0.4 is 5.32 Å². The maximum absolute atomic E-state index is 11.0. The first-order valence-corrected chi connectivity index (χ1v) is 10.3. The highest BCUT2D eigenvalue weighted by Gasteiger charge is 2.56. The van der Waals surface area contributed by atoms with Crippen molar-refractivity contribution in [2.75, 3.05) is 13.1 Å². The van der Waals surface area contributed by atoms with Crippen molar-refractivity contribution in [3.8, 4) is 0 Å². The average Bonchev–Trinajstić information content (AvgIpc) is 3.04. The Kier molecular flexibility index (Phi) is 6.43. The molecule has 2 aromatic rings. The van der Waals surface area contributed by atoms with E-state index in [4.69, 9.17) is 11.6 Å². The molecule has 0 radical (unpaired) electrons. The molecule has 2 aliphatic rings. The zero-order valence-corrected chi connectivity index (χ0v) is 17.3. The summed E-state index contributed by atoms with van der Waals surface area (Å²) in [4.78, 5) is 13.1. The molecule has 0 amide bonds. The van der Waals surface area contributed by atoms with Gasteiger partial charge in [0.2, 0.25) is 0 Å². The van der Waals surface area contributed by atoms with E-state index in [9.17, 15) is 10.1 Å². The molecule has 146 valence electrons. The molecule has 1 saturated heterocycles. The van der Waals surface area contributed by atoms with Gasteiger partial charge >= 0.3 is 0 Å². The number of nitrogens with one attached hydrogen (secondary N) is 1. The number of thiophene rings is 1. The van der Waals surface area contributed by atoms with Gasteiger partial charge in [0.15, 0.2) is 0 Å². The summed E-state index contributed by atoms with van der Waals surface area (Å²) in [5.74, 6) is 0. The van der Waals surface area contributed by atoms with Crippen molar-refractivity contribution in [2.24, 2.45) is 5.41 Å². The smallest absolute Gasteiger partial charge is 0.287 e. The van der Waals surface area contributed by atoms with E-state index in [1.807, 2.05) is 6.07 Å². The number of halogens is 2. The second-order valence-corrected chi connectivity index (χ2v) is 8.60. The summed E-state index contributed by atoms with van der Waals surface area (Å²) < 4.78 is 0. The zero-order chi connectivity index (χ0) is 18.1. The lowest BCUT2D eigenvalue weighted by Gasteiger charge is -2.29. The van der Waals surface area contributed by atoms with Crippen molar-refractivity contribution in [2.45, 2.75) is 38.4 Å². The van der Waals surface area contributed by atoms with Crippen LogP contribution in [0.1, 0.15) is 30.4 Å². The van der Waals surface area contributed by atoms with Crippen molar-refractivity contribution >= 4 is 41.0 Å². The third-order valence-corrected chi connectivity index (χ3v) is 6.78. The van der Waals surface area contributed by atoms with Crippen LogP contribution in [-0.2, 0) is 13.1 Å². The van der Waals surface area contributed by atoms with Gasteiger partial charge < -0.3 is 5.32 Å². The van der Waals surface area contributed by atoms with Gasteiger partial charge in [0.05, 0.1) is 4.92 Å². The van der Waals surface area contributed by atoms with Gasteiger partial charge in [0.1, 0.15) is 5.02 Å². The normalized spacial score (nSPS) is 20.4. The lowest BCUT2D eigenvalue weighted by Crippen LogP contribution is -2.35. The van der Waals surface area contributed by atoms with Crippen LogP contribution in [0.25, 0.3) is 0 Å². The molecule has 2 heterocycles. The molecule has 4 rings (SSSR count). The lowest BCUT2D eigenvalue weighted by atomic mass is 9.93. The van der Waals surface area contributed by atoms with Gasteiger partial charge in [0, 0.05) is 25.2 Å². The monoisotopic (exact) mass is 427 g/mol. The molecule has 1 saturated carbocycles. The van der Waals surface area contributed by atoms with E-state index < -0.39 is 4.92 Å². The van der Waals surface area contributed by atoms with E-state index >= 15 is 0 Å². The number of piperidine rings is 1. The predicted molar refractivity (Wildman–Crippen MR) is 112 cm³/mol. The van der Waals surface area contributed by atoms with Crippen LogP contribution in [0.2, 0.25) is 5.02 Å². The largest absolute Gasteiger partial charge is 0.317 e. The number of hydrogen-bond acceptors (Lipinski definition) is 5. The van der Waals surface area contributed by atoms with Crippen LogP contribution in [0, 0.1) is 15.5 Å². The number of benzene rings is 1. The number of nitro groups is 1. The Morgan fingerprint density at radius 2 is 2.00 bits per heavy atom. The first kappa shape index (κ1) is 20.6. The highest BCUT2D eigenvalue weighted by molar-refractivity contribution is 7.07. The Labute approximate surface area is 174 Å². The van der Waals surface area contributed by atoms with Crippen LogP contribution in [0.3, 0.4) is 0 Å². The van der Waals surface area contributed by atoms with Crippen LogP contribution >= 0.6 is 35.3 Å². The van der Waals surface area contributed by atoms with Crippen molar-refractivity contribution < 1.29 is 4.92 Å². The van der Waals surface area contributed by atoms with E-state index in [-0.39, 0.29) is 23.1 Å². The summed E-state index contributed by atoms with van der Waals surface area (Å²) in [5.41, 5.74) is 2.79. The van der Waals surface area contributed by atoms with E-state index in [0.717, 1.165) is 31.7 Å². The minimum atomic E-state index is -0.430. The van der Waals surface area contributed by atoms with Crippen LogP contribution in [0.15, 0.2) is 35.0 Å². The Hall–Kier alpha value is -1.18. The fourth-order valence-corrected chi connectivity index (χ4v) is 5.16. The van der Waals surface area contributed by atoms with E-state index in [1.165, 1.54) is 30.9 Å². The number of hydrogen-bond donors (Lipinski definition) is 1. The van der Waals surface area contributed by atoms with E-state index in [0.29, 0.717) is 11.5 Å². The van der Waals surface area contributed by atoms with Gasteiger partial charge in [-0.15, -0.1) is 12.4 Å². The molecule has 1 unspecified atom stereocenters. The highest BCUT2D eigenvalue weighted by Crippen LogP contribution is 2.56. The molecule has 1 spiro atoms. The second-order valence-electron chi connectivity index (χ2n) is 7.41. The molecule has 1 aliphatic carbocycles. The number of nitro benzene ring substituents is 1. The molecule has 0 bridgehead atoms. The Balaban J connectivity index is 0.00000210. The molecular formula is C19H23Cl2N3O2S. The van der Waals surface area contributed by atoms with Crippen molar-refractivity contribution in [3.63, 3.8) is 0 Å². The summed E-state index contributed by atoms with van der Waals surface area (Å²) in [5, 5.41) is 19.0. The standard InChI is InChI=1S/C19H22ClN3O2S.ClH/c20-16-9-14(1-2-17(16)23(24)25)11-22(12-15-3-8-26-13-15)18-10-19(18)4-6-21-7-5-19;/h1-3,8-9,13,18,21H,4-7,10-12H2;1H. The number of rotatable bonds is 6. The molecule has 1 aromatic carbocycles. The highest BCUT2D eigenvalue weighted by atomic mass is 35.5. The molecule has 1 aromatic heterocycles. The van der Waals surface area contributed by atoms with Gasteiger partial charge in [-0.25, -0.2) is 0 Å². The lowest BCUT2D eigenvalue weighted by molar-refractivity contribution is -0.384. The van der Waals surface area contributed by atoms with Crippen LogP contribution in [0.4, 0.5) is 5.69 Å². The minimum Gasteiger partial charge on any atom is -0.317 e. The summed E-state index contributed by atoms with van der Waals surface area (Å²) in [6.07, 6.45) is 3.72. The molecule has 5 nitrogen and oxygen atoms in total. The van der Waals surface area contributed by atoms with Gasteiger partial charge in [-0.05, 0) is 71.8 Å². The summed E-state index contributed by atoms with van der Waals surface area (Å²) >= 11 is 7.84. The molecule has 1 aliphatic heterocycles. The van der Waals surface area contributed by atoms with Gasteiger partial charge in [0.25, 0.3) is 5.69 Å². The third kappa shape index (κ3) is 4.46. The summed E-state index contributed by atoms with van der Waals surface area (Å²) in [6.45, 7) is 3.89. The molecule has 2 fully saturated rings. The molecule has 8 heteroatoms. The topological polar surface area (TPSA) is 58.4 Å². The SMILES string of the molecule is Cl.O=[N+]([O-])c1ccc(CN(Cc2ccsc2)C2CC23CCNCC3)cc1Cl. The Morgan fingerprint density at radius 3 is 2.63 bits per heavy atom. The van der Waals surface area contributed by atoms with Gasteiger partial charge in [-0.3, -0.25) is 15.0 Å². The quantitative estimate of drug-likeness (QED) is 0.527. The van der Waals surface area contributed by atoms with Crippen LogP contribution in [-0.4, -0.2) is 29.0 Å². The molecule has 27 heavy (non-hydrogen) atoms. The van der Waals surface area contributed by atoms with Gasteiger partial charge in [-0.1, -0.05) is 17.7 Å². The second kappa shape index (κ2) is 8.45. The fraction of sp³-hybridized carbons (Fsp3) is 0.474. The predicted octanol–water partition coefficient (Wildman–Crippen LogP) is 4.88. The third-order valence-electron chi connectivity index (χ3n) is 5.75. The maximum Gasteiger partial charge on any atom is 0.287 e. The summed E-state index contributed by atoms with van der Waals surface area (Å²) in [7, 11) is 0. The fourth-order valence-electron chi connectivity index (χ4n) is 4.23. The van der Waals surface area contributed by atoms with Crippen molar-refractivity contribution in [1.29, 1.82) is 0 Å². The maximum atomic E-state index is 11.0. The molecule has 1 atom stereocenters.